The third-order valence-electron chi connectivity index (χ3n) is 3.21. The summed E-state index contributed by atoms with van der Waals surface area (Å²) in [6.45, 7) is 3.48. The fourth-order valence-corrected chi connectivity index (χ4v) is 4.02. The number of carboxylic acids is 1. The van der Waals surface area contributed by atoms with E-state index in [0.29, 0.717) is 16.8 Å². The first-order valence-electron chi connectivity index (χ1n) is 6.44. The minimum atomic E-state index is -4.04. The van der Waals surface area contributed by atoms with Gasteiger partial charge < -0.3 is 5.11 Å². The van der Waals surface area contributed by atoms with Gasteiger partial charge in [-0.3, -0.25) is 4.72 Å². The van der Waals surface area contributed by atoms with Crippen molar-refractivity contribution in [2.24, 2.45) is 0 Å². The Morgan fingerprint density at radius 2 is 1.74 bits per heavy atom. The summed E-state index contributed by atoms with van der Waals surface area (Å²) in [5.74, 6) is -2.52. The van der Waals surface area contributed by atoms with Gasteiger partial charge in [-0.1, -0.05) is 15.9 Å². The third-order valence-corrected chi connectivity index (χ3v) is 5.02. The van der Waals surface area contributed by atoms with Gasteiger partial charge in [0.15, 0.2) is 0 Å². The molecule has 8 heteroatoms. The molecule has 0 aliphatic carbocycles. The molecule has 0 bridgehead atoms. The lowest BCUT2D eigenvalue weighted by Crippen LogP contribution is -2.16. The van der Waals surface area contributed by atoms with Gasteiger partial charge in [0, 0.05) is 4.47 Å². The molecule has 0 amide bonds. The third kappa shape index (κ3) is 3.70. The molecule has 0 atom stereocenters. The number of hydrogen-bond acceptors (Lipinski definition) is 3. The Morgan fingerprint density at radius 3 is 2.26 bits per heavy atom. The van der Waals surface area contributed by atoms with Gasteiger partial charge in [0.05, 0.1) is 16.1 Å². The zero-order chi connectivity index (χ0) is 17.4. The summed E-state index contributed by atoms with van der Waals surface area (Å²) >= 11 is 3.32. The SMILES string of the molecule is Cc1cc(Br)cc(C)c1NS(=O)(=O)c1ccc(F)c(C(=O)O)c1. The van der Waals surface area contributed by atoms with Crippen molar-refractivity contribution in [1.82, 2.24) is 0 Å². The maximum Gasteiger partial charge on any atom is 0.338 e. The second-order valence-electron chi connectivity index (χ2n) is 4.97. The standard InChI is InChI=1S/C15H13BrFNO4S/c1-8-5-10(16)6-9(2)14(8)18-23(21,22)11-3-4-13(17)12(7-11)15(19)20/h3-7,18H,1-2H3,(H,19,20). The molecule has 23 heavy (non-hydrogen) atoms. The van der Waals surface area contributed by atoms with Gasteiger partial charge in [-0.2, -0.15) is 0 Å². The van der Waals surface area contributed by atoms with Crippen LogP contribution in [0.2, 0.25) is 0 Å². The highest BCUT2D eigenvalue weighted by atomic mass is 79.9. The zero-order valence-electron chi connectivity index (χ0n) is 12.2. The molecule has 0 radical (unpaired) electrons. The van der Waals surface area contributed by atoms with Crippen molar-refractivity contribution >= 4 is 37.6 Å². The largest absolute Gasteiger partial charge is 0.478 e. The van der Waals surface area contributed by atoms with E-state index in [-0.39, 0.29) is 4.90 Å². The van der Waals surface area contributed by atoms with Crippen LogP contribution in [-0.4, -0.2) is 19.5 Å². The Balaban J connectivity index is 2.48. The smallest absolute Gasteiger partial charge is 0.338 e. The number of benzene rings is 2. The van der Waals surface area contributed by atoms with Crippen LogP contribution in [0.25, 0.3) is 0 Å². The number of halogens is 2. The molecule has 2 N–H and O–H groups in total. The minimum Gasteiger partial charge on any atom is -0.478 e. The van der Waals surface area contributed by atoms with Crippen LogP contribution in [0, 0.1) is 19.7 Å². The molecular formula is C15H13BrFNO4S. The van der Waals surface area contributed by atoms with Gasteiger partial charge in [0.2, 0.25) is 0 Å². The predicted octanol–water partition coefficient (Wildman–Crippen LogP) is 3.70. The minimum absolute atomic E-state index is 0.321. The molecule has 5 nitrogen and oxygen atoms in total. The normalized spacial score (nSPS) is 11.3. The summed E-state index contributed by atoms with van der Waals surface area (Å²) in [4.78, 5) is 10.6. The van der Waals surface area contributed by atoms with E-state index in [2.05, 4.69) is 20.7 Å². The van der Waals surface area contributed by atoms with Gasteiger partial charge in [0.1, 0.15) is 5.82 Å². The van der Waals surface area contributed by atoms with E-state index in [1.54, 1.807) is 26.0 Å². The topological polar surface area (TPSA) is 83.5 Å². The van der Waals surface area contributed by atoms with E-state index in [0.717, 1.165) is 22.7 Å². The maximum atomic E-state index is 13.4. The van der Waals surface area contributed by atoms with Crippen LogP contribution >= 0.6 is 15.9 Å². The van der Waals surface area contributed by atoms with E-state index >= 15 is 0 Å². The summed E-state index contributed by atoms with van der Waals surface area (Å²) in [7, 11) is -4.04. The van der Waals surface area contributed by atoms with Crippen LogP contribution < -0.4 is 4.72 Å². The number of aryl methyl sites for hydroxylation is 2. The van der Waals surface area contributed by atoms with Crippen LogP contribution in [0.4, 0.5) is 10.1 Å². The Bertz CT molecular complexity index is 873. The lowest BCUT2D eigenvalue weighted by molar-refractivity contribution is 0.0691. The van der Waals surface area contributed by atoms with E-state index in [9.17, 15) is 17.6 Å². The predicted molar refractivity (Wildman–Crippen MR) is 87.8 cm³/mol. The Kier molecular flexibility index (Phi) is 4.76. The van der Waals surface area contributed by atoms with Crippen molar-refractivity contribution in [3.8, 4) is 0 Å². The molecule has 0 saturated carbocycles. The van der Waals surface area contributed by atoms with Gasteiger partial charge >= 0.3 is 5.97 Å². The zero-order valence-corrected chi connectivity index (χ0v) is 14.6. The summed E-state index contributed by atoms with van der Waals surface area (Å²) in [5.41, 5.74) is 1.09. The molecule has 122 valence electrons. The molecule has 0 aliphatic heterocycles. The maximum absolute atomic E-state index is 13.4. The number of anilines is 1. The highest BCUT2D eigenvalue weighted by Gasteiger charge is 2.20. The Hall–Kier alpha value is -1.93. The first-order chi connectivity index (χ1) is 10.6. The highest BCUT2D eigenvalue weighted by Crippen LogP contribution is 2.27. The van der Waals surface area contributed by atoms with E-state index < -0.39 is 27.4 Å². The highest BCUT2D eigenvalue weighted by molar-refractivity contribution is 9.10. The van der Waals surface area contributed by atoms with E-state index in [1.807, 2.05) is 0 Å². The van der Waals surface area contributed by atoms with Crippen molar-refractivity contribution in [2.45, 2.75) is 18.7 Å². The van der Waals surface area contributed by atoms with Crippen LogP contribution in [0.1, 0.15) is 21.5 Å². The summed E-state index contributed by atoms with van der Waals surface area (Å²) in [5, 5.41) is 8.90. The number of carboxylic acid groups (broad SMARTS) is 1. The lowest BCUT2D eigenvalue weighted by atomic mass is 10.1. The van der Waals surface area contributed by atoms with E-state index in [1.165, 1.54) is 0 Å². The molecule has 2 rings (SSSR count). The molecule has 0 saturated heterocycles. The van der Waals surface area contributed by atoms with Crippen LogP contribution in [-0.2, 0) is 10.0 Å². The van der Waals surface area contributed by atoms with Crippen molar-refractivity contribution in [2.75, 3.05) is 4.72 Å². The molecule has 0 aromatic heterocycles. The quantitative estimate of drug-likeness (QED) is 0.817. The van der Waals surface area contributed by atoms with Crippen molar-refractivity contribution in [3.05, 3.63) is 57.3 Å². The molecule has 0 fully saturated rings. The van der Waals surface area contributed by atoms with Crippen molar-refractivity contribution < 1.29 is 22.7 Å². The number of sulfonamides is 1. The molecular weight excluding hydrogens is 389 g/mol. The molecule has 0 aliphatic rings. The summed E-state index contributed by atoms with van der Waals surface area (Å²) in [6.07, 6.45) is 0. The number of carbonyl (C=O) groups is 1. The Morgan fingerprint density at radius 1 is 1.17 bits per heavy atom. The average Bonchev–Trinajstić information content (AvgIpc) is 2.42. The fraction of sp³-hybridized carbons (Fsp3) is 0.133. The first-order valence-corrected chi connectivity index (χ1v) is 8.72. The van der Waals surface area contributed by atoms with Gasteiger partial charge in [-0.15, -0.1) is 0 Å². The van der Waals surface area contributed by atoms with Crippen LogP contribution in [0.5, 0.6) is 0 Å². The average molecular weight is 402 g/mol. The lowest BCUT2D eigenvalue weighted by Gasteiger charge is -2.14. The molecule has 2 aromatic rings. The van der Waals surface area contributed by atoms with E-state index in [4.69, 9.17) is 5.11 Å². The second kappa shape index (κ2) is 6.29. The van der Waals surface area contributed by atoms with Gasteiger partial charge in [-0.05, 0) is 55.3 Å². The van der Waals surface area contributed by atoms with Crippen molar-refractivity contribution in [1.29, 1.82) is 0 Å². The van der Waals surface area contributed by atoms with Gasteiger partial charge in [0.25, 0.3) is 10.0 Å². The fourth-order valence-electron chi connectivity index (χ4n) is 2.10. The summed E-state index contributed by atoms with van der Waals surface area (Å²) in [6, 6.07) is 6.13. The number of hydrogen-bond donors (Lipinski definition) is 2. The molecule has 0 heterocycles. The number of rotatable bonds is 4. The Labute approximate surface area is 141 Å². The summed E-state index contributed by atoms with van der Waals surface area (Å²) < 4.78 is 41.5. The second-order valence-corrected chi connectivity index (χ2v) is 7.56. The monoisotopic (exact) mass is 401 g/mol. The molecule has 0 unspecified atom stereocenters. The molecule has 2 aromatic carbocycles. The van der Waals surface area contributed by atoms with Crippen molar-refractivity contribution in [3.63, 3.8) is 0 Å². The van der Waals surface area contributed by atoms with Crippen LogP contribution in [0.15, 0.2) is 39.7 Å². The first kappa shape index (κ1) is 17.4. The number of aromatic carboxylic acids is 1. The van der Waals surface area contributed by atoms with Gasteiger partial charge in [-0.25, -0.2) is 17.6 Å². The number of nitrogens with one attached hydrogen (secondary N) is 1. The molecule has 0 spiro atoms. The van der Waals surface area contributed by atoms with Crippen LogP contribution in [0.3, 0.4) is 0 Å².